The van der Waals surface area contributed by atoms with Gasteiger partial charge in [0.1, 0.15) is 0 Å². The monoisotopic (exact) mass is 283 g/mol. The van der Waals surface area contributed by atoms with Crippen molar-refractivity contribution in [1.29, 1.82) is 0 Å². The molecular formula is C18H21NO2. The smallest absolute Gasteiger partial charge is 0.261 e. The van der Waals surface area contributed by atoms with Gasteiger partial charge in [-0.2, -0.15) is 0 Å². The maximum Gasteiger partial charge on any atom is 0.261 e. The Hall–Kier alpha value is -2.08. The predicted octanol–water partition coefficient (Wildman–Crippen LogP) is 3.65. The molecule has 2 amide bonds. The molecule has 1 aromatic carbocycles. The number of hydrogen-bond acceptors (Lipinski definition) is 2. The van der Waals surface area contributed by atoms with Crippen LogP contribution < -0.4 is 0 Å². The molecule has 21 heavy (non-hydrogen) atoms. The summed E-state index contributed by atoms with van der Waals surface area (Å²) >= 11 is 0. The first kappa shape index (κ1) is 15.3. The molecule has 1 heterocycles. The van der Waals surface area contributed by atoms with E-state index in [4.69, 9.17) is 0 Å². The fourth-order valence-corrected chi connectivity index (χ4v) is 2.49. The van der Waals surface area contributed by atoms with Crippen molar-refractivity contribution in [1.82, 2.24) is 4.90 Å². The molecule has 3 heteroatoms. The maximum absolute atomic E-state index is 12.1. The van der Waals surface area contributed by atoms with E-state index in [0.717, 1.165) is 38.5 Å². The predicted molar refractivity (Wildman–Crippen MR) is 83.0 cm³/mol. The van der Waals surface area contributed by atoms with Crippen LogP contribution in [0.2, 0.25) is 0 Å². The normalized spacial score (nSPS) is 13.1. The highest BCUT2D eigenvalue weighted by atomic mass is 16.2. The van der Waals surface area contributed by atoms with E-state index in [1.807, 2.05) is 0 Å². The largest absolute Gasteiger partial charge is 0.274 e. The first-order valence-electron chi connectivity index (χ1n) is 7.66. The third-order valence-electron chi connectivity index (χ3n) is 3.61. The van der Waals surface area contributed by atoms with Crippen LogP contribution in [0.1, 0.15) is 66.2 Å². The summed E-state index contributed by atoms with van der Waals surface area (Å²) < 4.78 is 0. The van der Waals surface area contributed by atoms with E-state index < -0.39 is 0 Å². The van der Waals surface area contributed by atoms with Crippen molar-refractivity contribution in [2.45, 2.75) is 45.4 Å². The van der Waals surface area contributed by atoms with E-state index in [2.05, 4.69) is 18.8 Å². The number of rotatable bonds is 6. The second-order valence-electron chi connectivity index (χ2n) is 5.18. The molecule has 3 nitrogen and oxygen atoms in total. The van der Waals surface area contributed by atoms with Crippen LogP contribution >= 0.6 is 0 Å². The second-order valence-corrected chi connectivity index (χ2v) is 5.18. The molecule has 1 aromatic rings. The van der Waals surface area contributed by atoms with Gasteiger partial charge in [0.2, 0.25) is 0 Å². The van der Waals surface area contributed by atoms with Crippen LogP contribution in [0.5, 0.6) is 0 Å². The average molecular weight is 283 g/mol. The molecule has 1 aliphatic heterocycles. The fourth-order valence-electron chi connectivity index (χ4n) is 2.49. The van der Waals surface area contributed by atoms with Gasteiger partial charge in [0.05, 0.1) is 11.1 Å². The Labute approximate surface area is 126 Å². The number of benzene rings is 1. The van der Waals surface area contributed by atoms with Gasteiger partial charge in [-0.05, 0) is 25.0 Å². The summed E-state index contributed by atoms with van der Waals surface area (Å²) in [5, 5.41) is 0. The molecule has 0 fully saturated rings. The molecule has 0 saturated heterocycles. The highest BCUT2D eigenvalue weighted by Crippen LogP contribution is 2.22. The molecule has 0 unspecified atom stereocenters. The number of amides is 2. The number of nitrogens with zero attached hydrogens (tertiary/aromatic N) is 1. The summed E-state index contributed by atoms with van der Waals surface area (Å²) in [5.74, 6) is 5.89. The van der Waals surface area contributed by atoms with Gasteiger partial charge in [-0.25, -0.2) is 0 Å². The van der Waals surface area contributed by atoms with Crippen molar-refractivity contribution in [3.8, 4) is 11.8 Å². The molecule has 0 spiro atoms. The van der Waals surface area contributed by atoms with Crippen LogP contribution in [0.15, 0.2) is 24.3 Å². The van der Waals surface area contributed by atoms with E-state index in [9.17, 15) is 9.59 Å². The Morgan fingerprint density at radius 3 is 2.14 bits per heavy atom. The lowest BCUT2D eigenvalue weighted by molar-refractivity contribution is 0.0651. The van der Waals surface area contributed by atoms with Gasteiger partial charge in [-0.15, -0.1) is 11.8 Å². The van der Waals surface area contributed by atoms with Crippen molar-refractivity contribution in [2.75, 3.05) is 6.54 Å². The summed E-state index contributed by atoms with van der Waals surface area (Å²) in [7, 11) is 0. The third kappa shape index (κ3) is 3.72. The van der Waals surface area contributed by atoms with Crippen LogP contribution in [0, 0.1) is 11.8 Å². The van der Waals surface area contributed by atoms with Crippen LogP contribution in [-0.4, -0.2) is 23.3 Å². The van der Waals surface area contributed by atoms with Crippen molar-refractivity contribution in [3.63, 3.8) is 0 Å². The molecule has 0 N–H and O–H groups in total. The second kappa shape index (κ2) is 7.64. The maximum atomic E-state index is 12.1. The van der Waals surface area contributed by atoms with Gasteiger partial charge in [0.15, 0.2) is 0 Å². The van der Waals surface area contributed by atoms with Gasteiger partial charge in [-0.3, -0.25) is 14.5 Å². The van der Waals surface area contributed by atoms with E-state index in [1.54, 1.807) is 24.3 Å². The van der Waals surface area contributed by atoms with Gasteiger partial charge >= 0.3 is 0 Å². The van der Waals surface area contributed by atoms with E-state index in [0.29, 0.717) is 17.7 Å². The molecule has 2 rings (SSSR count). The highest BCUT2D eigenvalue weighted by molar-refractivity contribution is 6.21. The van der Waals surface area contributed by atoms with Crippen molar-refractivity contribution in [2.24, 2.45) is 0 Å². The Morgan fingerprint density at radius 1 is 0.905 bits per heavy atom. The molecule has 0 aliphatic carbocycles. The molecule has 110 valence electrons. The summed E-state index contributed by atoms with van der Waals surface area (Å²) in [5.41, 5.74) is 1.08. The van der Waals surface area contributed by atoms with Crippen LogP contribution in [0.4, 0.5) is 0 Å². The van der Waals surface area contributed by atoms with Gasteiger partial charge in [-0.1, -0.05) is 31.9 Å². The van der Waals surface area contributed by atoms with Crippen LogP contribution in [0.25, 0.3) is 0 Å². The standard InChI is InChI=1S/C18H21NO2/c1-2-3-4-5-6-7-8-11-14-19-17(20)15-12-9-10-13-16(15)18(19)21/h9-10,12-13H,2,5-8,11,14H2,1H3. The van der Waals surface area contributed by atoms with Crippen molar-refractivity contribution < 1.29 is 9.59 Å². The first-order chi connectivity index (χ1) is 10.3. The highest BCUT2D eigenvalue weighted by Gasteiger charge is 2.34. The van der Waals surface area contributed by atoms with E-state index in [1.165, 1.54) is 4.90 Å². The topological polar surface area (TPSA) is 37.4 Å². The minimum absolute atomic E-state index is 0.149. The zero-order valence-electron chi connectivity index (χ0n) is 12.5. The number of carbonyl (C=O) groups excluding carboxylic acids is 2. The minimum Gasteiger partial charge on any atom is -0.274 e. The van der Waals surface area contributed by atoms with Crippen molar-refractivity contribution in [3.05, 3.63) is 35.4 Å². The quantitative estimate of drug-likeness (QED) is 0.454. The Kier molecular flexibility index (Phi) is 5.57. The van der Waals surface area contributed by atoms with Crippen molar-refractivity contribution >= 4 is 11.8 Å². The minimum atomic E-state index is -0.149. The van der Waals surface area contributed by atoms with Gasteiger partial charge in [0, 0.05) is 19.4 Å². The third-order valence-corrected chi connectivity index (χ3v) is 3.61. The fraction of sp³-hybridized carbons (Fsp3) is 0.444. The number of hydrogen-bond donors (Lipinski definition) is 0. The van der Waals surface area contributed by atoms with Gasteiger partial charge < -0.3 is 0 Å². The molecule has 0 aromatic heterocycles. The lowest BCUT2D eigenvalue weighted by atomic mass is 10.1. The Morgan fingerprint density at radius 2 is 1.52 bits per heavy atom. The molecule has 0 bridgehead atoms. The number of unbranched alkanes of at least 4 members (excludes halogenated alkanes) is 4. The van der Waals surface area contributed by atoms with Crippen LogP contribution in [0.3, 0.4) is 0 Å². The Balaban J connectivity index is 1.73. The zero-order valence-corrected chi connectivity index (χ0v) is 12.5. The molecule has 0 radical (unpaired) electrons. The van der Waals surface area contributed by atoms with Crippen LogP contribution in [-0.2, 0) is 0 Å². The Bertz CT molecular complexity index is 545. The lowest BCUT2D eigenvalue weighted by Crippen LogP contribution is -2.30. The summed E-state index contributed by atoms with van der Waals surface area (Å²) in [6, 6.07) is 7.04. The molecular weight excluding hydrogens is 262 g/mol. The van der Waals surface area contributed by atoms with E-state index >= 15 is 0 Å². The average Bonchev–Trinajstić information content (AvgIpc) is 2.75. The van der Waals surface area contributed by atoms with Gasteiger partial charge in [0.25, 0.3) is 11.8 Å². The number of fused-ring (bicyclic) bond motifs is 1. The molecule has 1 aliphatic rings. The number of imide groups is 1. The summed E-state index contributed by atoms with van der Waals surface area (Å²) in [6.07, 6.45) is 5.95. The first-order valence-corrected chi connectivity index (χ1v) is 7.66. The zero-order chi connectivity index (χ0) is 15.1. The SMILES string of the molecule is CCC#CCCCCCCN1C(=O)c2ccccc2C1=O. The lowest BCUT2D eigenvalue weighted by Gasteiger charge is -2.13. The molecule has 0 saturated carbocycles. The molecule has 0 atom stereocenters. The summed E-state index contributed by atoms with van der Waals surface area (Å²) in [6.45, 7) is 2.57. The number of carbonyl (C=O) groups is 2. The summed E-state index contributed by atoms with van der Waals surface area (Å²) in [4.78, 5) is 25.6. The van der Waals surface area contributed by atoms with E-state index in [-0.39, 0.29) is 11.8 Å².